The number of hydrogen-bond acceptors (Lipinski definition) is 2. The summed E-state index contributed by atoms with van der Waals surface area (Å²) in [7, 11) is 0. The molecule has 15 heavy (non-hydrogen) atoms. The molecule has 0 aliphatic heterocycles. The van der Waals surface area contributed by atoms with E-state index in [1.165, 1.54) is 5.54 Å². The van der Waals surface area contributed by atoms with Crippen molar-refractivity contribution in [3.8, 4) is 0 Å². The van der Waals surface area contributed by atoms with Gasteiger partial charge in [0.2, 0.25) is 0 Å². The van der Waals surface area contributed by atoms with Crippen LogP contribution in [0.3, 0.4) is 0 Å². The number of esters is 1. The fraction of sp³-hybridized carbons (Fsp3) is 0.750. The minimum atomic E-state index is -0.438. The van der Waals surface area contributed by atoms with Crippen molar-refractivity contribution in [2.75, 3.05) is 0 Å². The third-order valence-corrected chi connectivity index (χ3v) is 1.89. The predicted octanol–water partition coefficient (Wildman–Crippen LogP) is 3.74. The second-order valence-corrected chi connectivity index (χ2v) is 5.34. The predicted molar refractivity (Wildman–Crippen MR) is 63.8 cm³/mol. The zero-order chi connectivity index (χ0) is 12.1. The van der Waals surface area contributed by atoms with Crippen LogP contribution < -0.4 is 0 Å². The highest BCUT2D eigenvalue weighted by molar-refractivity contribution is 6.25. The number of carbonyl (C=O) groups is 1. The maximum absolute atomic E-state index is 11.8. The summed E-state index contributed by atoms with van der Waals surface area (Å²) in [5.41, 5.74) is 0.948. The summed E-state index contributed by atoms with van der Waals surface area (Å²) in [5.74, 6) is 0.00482. The summed E-state index contributed by atoms with van der Waals surface area (Å²) in [6.45, 7) is 9.73. The van der Waals surface area contributed by atoms with Gasteiger partial charge in [-0.25, -0.2) is 0 Å². The lowest BCUT2D eigenvalue weighted by Gasteiger charge is -2.23. The summed E-state index contributed by atoms with van der Waals surface area (Å²) < 4.78 is 5.30. The molecule has 0 heterocycles. The van der Waals surface area contributed by atoms with Gasteiger partial charge in [-0.1, -0.05) is 31.5 Å². The van der Waals surface area contributed by atoms with Crippen LogP contribution in [-0.4, -0.2) is 11.6 Å². The Hall–Kier alpha value is -0.500. The van der Waals surface area contributed by atoms with E-state index in [2.05, 4.69) is 13.8 Å². The van der Waals surface area contributed by atoms with E-state index in [1.54, 1.807) is 6.08 Å². The van der Waals surface area contributed by atoms with Gasteiger partial charge in [0.05, 0.1) is 5.92 Å². The van der Waals surface area contributed by atoms with Crippen LogP contribution in [0, 0.1) is 11.8 Å². The quantitative estimate of drug-likeness (QED) is 0.691. The molecule has 0 radical (unpaired) electrons. The molecule has 3 heteroatoms. The molecule has 0 aliphatic rings. The Balaban J connectivity index is 4.42. The van der Waals surface area contributed by atoms with E-state index in [0.717, 1.165) is 6.42 Å². The summed E-state index contributed by atoms with van der Waals surface area (Å²) in [5, 5.41) is 0. The SMILES string of the molecule is CC(C)C[C@@H](/C=C\Cl)C(=O)OC(C)(C)C. The average Bonchev–Trinajstić information content (AvgIpc) is 1.99. The van der Waals surface area contributed by atoms with E-state index in [1.807, 2.05) is 20.8 Å². The summed E-state index contributed by atoms with van der Waals surface area (Å²) in [4.78, 5) is 11.8. The number of hydrogen-bond donors (Lipinski definition) is 0. The molecule has 0 amide bonds. The smallest absolute Gasteiger partial charge is 0.313 e. The molecular weight excluding hydrogens is 212 g/mol. The molecule has 0 saturated carbocycles. The van der Waals surface area contributed by atoms with E-state index in [4.69, 9.17) is 16.3 Å². The van der Waals surface area contributed by atoms with Crippen molar-refractivity contribution in [1.29, 1.82) is 0 Å². The summed E-state index contributed by atoms with van der Waals surface area (Å²) >= 11 is 5.51. The fourth-order valence-corrected chi connectivity index (χ4v) is 1.40. The van der Waals surface area contributed by atoms with Crippen LogP contribution in [-0.2, 0) is 9.53 Å². The minimum Gasteiger partial charge on any atom is -0.460 e. The van der Waals surface area contributed by atoms with Gasteiger partial charge in [-0.2, -0.15) is 0 Å². The summed E-state index contributed by atoms with van der Waals surface area (Å²) in [6, 6.07) is 0. The van der Waals surface area contributed by atoms with Crippen LogP contribution >= 0.6 is 11.6 Å². The first-order valence-corrected chi connectivity index (χ1v) is 5.69. The zero-order valence-corrected chi connectivity index (χ0v) is 11.0. The van der Waals surface area contributed by atoms with E-state index < -0.39 is 5.60 Å². The van der Waals surface area contributed by atoms with Gasteiger partial charge in [0, 0.05) is 5.54 Å². The molecule has 0 unspecified atom stereocenters. The lowest BCUT2D eigenvalue weighted by molar-refractivity contribution is -0.158. The molecule has 2 nitrogen and oxygen atoms in total. The van der Waals surface area contributed by atoms with Gasteiger partial charge in [-0.3, -0.25) is 4.79 Å². The molecule has 0 fully saturated rings. The van der Waals surface area contributed by atoms with Crippen LogP contribution in [0.4, 0.5) is 0 Å². The Morgan fingerprint density at radius 3 is 2.27 bits per heavy atom. The molecule has 0 aromatic heterocycles. The van der Waals surface area contributed by atoms with Gasteiger partial charge in [0.1, 0.15) is 5.60 Å². The molecule has 88 valence electrons. The molecule has 0 N–H and O–H groups in total. The van der Waals surface area contributed by atoms with Gasteiger partial charge in [-0.05, 0) is 33.1 Å². The number of rotatable bonds is 4. The number of carbonyl (C=O) groups excluding carboxylic acids is 1. The van der Waals surface area contributed by atoms with Crippen molar-refractivity contribution in [3.63, 3.8) is 0 Å². The van der Waals surface area contributed by atoms with Gasteiger partial charge in [0.25, 0.3) is 0 Å². The molecular formula is C12H21ClO2. The number of ether oxygens (including phenoxy) is 1. The molecule has 0 saturated heterocycles. The Morgan fingerprint density at radius 1 is 1.40 bits per heavy atom. The molecule has 0 spiro atoms. The van der Waals surface area contributed by atoms with Crippen LogP contribution in [0.25, 0.3) is 0 Å². The first-order chi connectivity index (χ1) is 6.76. The standard InChI is InChI=1S/C12H21ClO2/c1-9(2)8-10(6-7-13)11(14)15-12(3,4)5/h6-7,9-10H,8H2,1-5H3/b7-6-/t10-/m1/s1. The molecule has 1 atom stereocenters. The number of halogens is 1. The highest BCUT2D eigenvalue weighted by Gasteiger charge is 2.23. The lowest BCUT2D eigenvalue weighted by atomic mass is 9.97. The largest absolute Gasteiger partial charge is 0.460 e. The van der Waals surface area contributed by atoms with Crippen molar-refractivity contribution in [2.24, 2.45) is 11.8 Å². The lowest BCUT2D eigenvalue weighted by Crippen LogP contribution is -2.28. The molecule has 0 aromatic carbocycles. The Labute approximate surface area is 97.6 Å². The van der Waals surface area contributed by atoms with E-state index in [-0.39, 0.29) is 11.9 Å². The fourth-order valence-electron chi connectivity index (χ4n) is 1.23. The van der Waals surface area contributed by atoms with Crippen molar-refractivity contribution >= 4 is 17.6 Å². The normalized spacial score (nSPS) is 14.6. The second-order valence-electron chi connectivity index (χ2n) is 5.09. The maximum Gasteiger partial charge on any atom is 0.313 e. The Morgan fingerprint density at radius 2 is 1.93 bits per heavy atom. The van der Waals surface area contributed by atoms with Gasteiger partial charge in [-0.15, -0.1) is 0 Å². The molecule has 0 aliphatic carbocycles. The second kappa shape index (κ2) is 6.16. The van der Waals surface area contributed by atoms with E-state index in [0.29, 0.717) is 5.92 Å². The first-order valence-electron chi connectivity index (χ1n) is 5.26. The minimum absolute atomic E-state index is 0.201. The van der Waals surface area contributed by atoms with Crippen LogP contribution in [0.1, 0.15) is 41.0 Å². The highest BCUT2D eigenvalue weighted by Crippen LogP contribution is 2.19. The molecule has 0 aromatic rings. The molecule has 0 bridgehead atoms. The zero-order valence-electron chi connectivity index (χ0n) is 10.2. The first kappa shape index (κ1) is 14.5. The topological polar surface area (TPSA) is 26.3 Å². The van der Waals surface area contributed by atoms with Crippen molar-refractivity contribution < 1.29 is 9.53 Å². The van der Waals surface area contributed by atoms with Crippen LogP contribution in [0.2, 0.25) is 0 Å². The maximum atomic E-state index is 11.8. The third kappa shape index (κ3) is 7.43. The Kier molecular flexibility index (Phi) is 5.96. The summed E-state index contributed by atoms with van der Waals surface area (Å²) in [6.07, 6.45) is 2.45. The third-order valence-electron chi connectivity index (χ3n) is 1.74. The molecule has 0 rings (SSSR count). The monoisotopic (exact) mass is 232 g/mol. The van der Waals surface area contributed by atoms with Crippen LogP contribution in [0.5, 0.6) is 0 Å². The van der Waals surface area contributed by atoms with E-state index >= 15 is 0 Å². The Bertz CT molecular complexity index is 226. The van der Waals surface area contributed by atoms with Gasteiger partial charge < -0.3 is 4.74 Å². The van der Waals surface area contributed by atoms with Crippen molar-refractivity contribution in [1.82, 2.24) is 0 Å². The van der Waals surface area contributed by atoms with Crippen LogP contribution in [0.15, 0.2) is 11.6 Å². The highest BCUT2D eigenvalue weighted by atomic mass is 35.5. The van der Waals surface area contributed by atoms with E-state index in [9.17, 15) is 4.79 Å². The van der Waals surface area contributed by atoms with Crippen molar-refractivity contribution in [3.05, 3.63) is 11.6 Å². The van der Waals surface area contributed by atoms with Crippen molar-refractivity contribution in [2.45, 2.75) is 46.6 Å². The van der Waals surface area contributed by atoms with Gasteiger partial charge >= 0.3 is 5.97 Å². The van der Waals surface area contributed by atoms with Gasteiger partial charge in [0.15, 0.2) is 0 Å². The average molecular weight is 233 g/mol.